The van der Waals surface area contributed by atoms with Crippen LogP contribution in [0.5, 0.6) is 5.75 Å². The van der Waals surface area contributed by atoms with E-state index in [2.05, 4.69) is 22.1 Å². The minimum Gasteiger partial charge on any atom is -0.507 e. The Kier molecular flexibility index (Phi) is 7.92. The van der Waals surface area contributed by atoms with E-state index in [0.29, 0.717) is 62.2 Å². The summed E-state index contributed by atoms with van der Waals surface area (Å²) in [4.78, 5) is 21.8. The lowest BCUT2D eigenvalue weighted by Gasteiger charge is -2.64. The van der Waals surface area contributed by atoms with E-state index in [1.54, 1.807) is 18.2 Å². The van der Waals surface area contributed by atoms with E-state index in [9.17, 15) is 28.2 Å². The predicted molar refractivity (Wildman–Crippen MR) is 162 cm³/mol. The van der Waals surface area contributed by atoms with Crippen LogP contribution in [0.15, 0.2) is 42.6 Å². The van der Waals surface area contributed by atoms with Gasteiger partial charge in [-0.2, -0.15) is 13.2 Å². The Morgan fingerprint density at radius 2 is 1.66 bits per heavy atom. The highest BCUT2D eigenvalue weighted by Gasteiger charge is 2.60. The van der Waals surface area contributed by atoms with Crippen LogP contribution in [0, 0.1) is 29.1 Å². The molecule has 5 aliphatic rings. The van der Waals surface area contributed by atoms with Crippen molar-refractivity contribution in [3.05, 3.63) is 53.7 Å². The number of hydrogen-bond acceptors (Lipinski definition) is 6. The van der Waals surface area contributed by atoms with E-state index in [0.717, 1.165) is 37.9 Å². The second-order valence-corrected chi connectivity index (χ2v) is 14.8. The van der Waals surface area contributed by atoms with Crippen molar-refractivity contribution >= 4 is 11.7 Å². The molecule has 44 heavy (non-hydrogen) atoms. The summed E-state index contributed by atoms with van der Waals surface area (Å²) < 4.78 is 39.2. The molecule has 1 saturated heterocycles. The molecular weight excluding hydrogens is 569 g/mol. The van der Waals surface area contributed by atoms with Crippen molar-refractivity contribution in [1.29, 1.82) is 0 Å². The molecule has 0 radical (unpaired) electrons. The summed E-state index contributed by atoms with van der Waals surface area (Å²) in [6, 6.07) is 9.07. The fraction of sp³-hybridized carbons (Fsp3) is 0.647. The Labute approximate surface area is 257 Å². The van der Waals surface area contributed by atoms with E-state index < -0.39 is 17.3 Å². The molecule has 5 fully saturated rings. The summed E-state index contributed by atoms with van der Waals surface area (Å²) in [5.74, 6) is 2.41. The van der Waals surface area contributed by atoms with Crippen molar-refractivity contribution in [1.82, 2.24) is 15.2 Å². The highest BCUT2D eigenvalue weighted by Crippen LogP contribution is 2.66. The molecule has 10 heteroatoms. The summed E-state index contributed by atoms with van der Waals surface area (Å²) in [5.41, 5.74) is -1.60. The van der Waals surface area contributed by atoms with E-state index in [1.165, 1.54) is 25.0 Å². The van der Waals surface area contributed by atoms with Crippen molar-refractivity contribution in [2.24, 2.45) is 29.1 Å². The van der Waals surface area contributed by atoms with Gasteiger partial charge in [0.15, 0.2) is 0 Å². The Morgan fingerprint density at radius 1 is 1.00 bits per heavy atom. The van der Waals surface area contributed by atoms with Gasteiger partial charge in [0.2, 0.25) is 0 Å². The molecule has 2 heterocycles. The summed E-state index contributed by atoms with van der Waals surface area (Å²) >= 11 is 0. The van der Waals surface area contributed by atoms with Crippen molar-refractivity contribution in [3.8, 4) is 5.75 Å². The molecule has 240 valence electrons. The third-order valence-corrected chi connectivity index (χ3v) is 11.7. The summed E-state index contributed by atoms with van der Waals surface area (Å²) in [6.45, 7) is 9.20. The van der Waals surface area contributed by atoms with Crippen LogP contribution in [0.25, 0.3) is 0 Å². The molecular formula is C34H45F3N4O3. The van der Waals surface area contributed by atoms with Crippen molar-refractivity contribution < 1.29 is 28.2 Å². The number of carbonyl (C=O) groups is 1. The average molecular weight is 615 g/mol. The number of halogens is 3. The van der Waals surface area contributed by atoms with Crippen LogP contribution in [0.1, 0.15) is 75.2 Å². The van der Waals surface area contributed by atoms with Crippen molar-refractivity contribution in [2.75, 3.05) is 37.6 Å². The SMILES string of the molecule is CC(CNC(=O)c1ccccc1O)(CC1C2CC3CC1CC(C(C)(C)O)(C3)C2)N1CCN(c2ccc(C(F)(F)F)cn2)CC1. The zero-order valence-electron chi connectivity index (χ0n) is 25.9. The quantitative estimate of drug-likeness (QED) is 0.353. The highest BCUT2D eigenvalue weighted by molar-refractivity contribution is 5.96. The van der Waals surface area contributed by atoms with Gasteiger partial charge in [0, 0.05) is 44.5 Å². The van der Waals surface area contributed by atoms with E-state index in [1.807, 2.05) is 18.7 Å². The first kappa shape index (κ1) is 31.1. The zero-order chi connectivity index (χ0) is 31.5. The number of rotatable bonds is 8. The lowest BCUT2D eigenvalue weighted by atomic mass is 9.42. The molecule has 1 aromatic heterocycles. The molecule has 1 aliphatic heterocycles. The van der Waals surface area contributed by atoms with E-state index in [4.69, 9.17) is 0 Å². The van der Waals surface area contributed by atoms with Gasteiger partial charge in [0.25, 0.3) is 5.91 Å². The molecule has 3 unspecified atom stereocenters. The molecule has 7 nitrogen and oxygen atoms in total. The second kappa shape index (κ2) is 11.2. The Hall–Kier alpha value is -2.85. The van der Waals surface area contributed by atoms with Crippen LogP contribution in [0.2, 0.25) is 0 Å². The number of para-hydroxylation sites is 1. The third-order valence-electron chi connectivity index (χ3n) is 11.7. The fourth-order valence-corrected chi connectivity index (χ4v) is 9.28. The highest BCUT2D eigenvalue weighted by atomic mass is 19.4. The number of phenolic OH excluding ortho intramolecular Hbond substituents is 1. The number of carbonyl (C=O) groups excluding carboxylic acids is 1. The van der Waals surface area contributed by atoms with Crippen LogP contribution >= 0.6 is 0 Å². The second-order valence-electron chi connectivity index (χ2n) is 14.8. The normalized spacial score (nSPS) is 30.3. The van der Waals surface area contributed by atoms with E-state index in [-0.39, 0.29) is 28.2 Å². The van der Waals surface area contributed by atoms with Crippen LogP contribution in [-0.4, -0.2) is 69.9 Å². The Bertz CT molecular complexity index is 1340. The molecule has 1 amide bonds. The predicted octanol–water partition coefficient (Wildman–Crippen LogP) is 5.72. The first-order chi connectivity index (χ1) is 20.7. The third kappa shape index (κ3) is 5.80. The fourth-order valence-electron chi connectivity index (χ4n) is 9.28. The van der Waals surface area contributed by atoms with Gasteiger partial charge >= 0.3 is 6.18 Å². The number of nitrogens with one attached hydrogen (secondary N) is 1. The van der Waals surface area contributed by atoms with Gasteiger partial charge in [-0.1, -0.05) is 12.1 Å². The van der Waals surface area contributed by atoms with Crippen LogP contribution in [0.3, 0.4) is 0 Å². The number of anilines is 1. The van der Waals surface area contributed by atoms with Crippen molar-refractivity contribution in [3.63, 3.8) is 0 Å². The molecule has 0 spiro atoms. The van der Waals surface area contributed by atoms with Crippen molar-refractivity contribution in [2.45, 2.75) is 76.6 Å². The number of benzene rings is 1. The molecule has 3 N–H and O–H groups in total. The van der Waals surface area contributed by atoms with Gasteiger partial charge in [-0.05, 0) is 113 Å². The van der Waals surface area contributed by atoms with Gasteiger partial charge in [-0.3, -0.25) is 9.69 Å². The van der Waals surface area contributed by atoms with Gasteiger partial charge in [0.1, 0.15) is 11.6 Å². The van der Waals surface area contributed by atoms with Crippen LogP contribution in [0.4, 0.5) is 19.0 Å². The standard InChI is InChI=1S/C34H45F3N4O3/c1-31(2,44)33-16-22-14-23(17-33)27(24(15-22)18-33)19-32(3,21-39-30(43)26-6-4-5-7-28(26)42)41-12-10-40(11-13-41)29-9-8-25(20-38-29)34(35,36)37/h4-9,20,22-24,27,42,44H,10-19,21H2,1-3H3,(H,39,43). The topological polar surface area (TPSA) is 88.9 Å². The number of phenols is 1. The number of aliphatic hydroxyl groups is 1. The maximum Gasteiger partial charge on any atom is 0.417 e. The number of hydrogen-bond donors (Lipinski definition) is 3. The number of aromatic hydroxyl groups is 1. The molecule has 3 atom stereocenters. The lowest BCUT2D eigenvalue weighted by molar-refractivity contribution is -0.187. The number of amides is 1. The van der Waals surface area contributed by atoms with Gasteiger partial charge < -0.3 is 20.4 Å². The zero-order valence-corrected chi connectivity index (χ0v) is 25.9. The molecule has 1 aromatic carbocycles. The summed E-state index contributed by atoms with van der Waals surface area (Å²) in [7, 11) is 0. The van der Waals surface area contributed by atoms with Crippen LogP contribution in [-0.2, 0) is 6.18 Å². The molecule has 2 aromatic rings. The smallest absolute Gasteiger partial charge is 0.417 e. The Balaban J connectivity index is 1.20. The lowest BCUT2D eigenvalue weighted by Crippen LogP contribution is -2.63. The van der Waals surface area contributed by atoms with Gasteiger partial charge in [-0.15, -0.1) is 0 Å². The molecule has 4 saturated carbocycles. The maximum atomic E-state index is 13.2. The average Bonchev–Trinajstić information content (AvgIpc) is 2.97. The number of pyridine rings is 1. The first-order valence-electron chi connectivity index (χ1n) is 16.0. The number of nitrogens with zero attached hydrogens (tertiary/aromatic N) is 3. The molecule has 7 rings (SSSR count). The molecule has 4 bridgehead atoms. The summed E-state index contributed by atoms with van der Waals surface area (Å²) in [6.07, 6.45) is 2.99. The minimum atomic E-state index is -4.42. The number of alkyl halides is 3. The van der Waals surface area contributed by atoms with E-state index >= 15 is 0 Å². The number of aromatic nitrogens is 1. The largest absolute Gasteiger partial charge is 0.507 e. The van der Waals surface area contributed by atoms with Gasteiger partial charge in [0.05, 0.1) is 16.7 Å². The maximum absolute atomic E-state index is 13.2. The monoisotopic (exact) mass is 614 g/mol. The first-order valence-corrected chi connectivity index (χ1v) is 16.0. The van der Waals surface area contributed by atoms with Gasteiger partial charge in [-0.25, -0.2) is 4.98 Å². The molecule has 4 aliphatic carbocycles. The summed E-state index contributed by atoms with van der Waals surface area (Å²) in [5, 5.41) is 24.6. The van der Waals surface area contributed by atoms with Crippen LogP contribution < -0.4 is 10.2 Å². The minimum absolute atomic E-state index is 0.0181. The Morgan fingerprint density at radius 3 is 2.23 bits per heavy atom. The number of piperazine rings is 1.